The number of carbonyl (C=O) groups excluding carboxylic acids is 3. The fourth-order valence-electron chi connectivity index (χ4n) is 3.44. The Bertz CT molecular complexity index is 1040. The highest BCUT2D eigenvalue weighted by atomic mass is 32.2. The molecule has 2 aliphatic heterocycles. The molecule has 2 aromatic rings. The summed E-state index contributed by atoms with van der Waals surface area (Å²) < 4.78 is 24.4. The molecule has 2 saturated heterocycles. The maximum absolute atomic E-state index is 14.5. The largest absolute Gasteiger partial charge is 0.463 e. The van der Waals surface area contributed by atoms with Gasteiger partial charge in [0.25, 0.3) is 11.1 Å². The molecule has 2 fully saturated rings. The van der Waals surface area contributed by atoms with Crippen molar-refractivity contribution in [2.45, 2.75) is 19.4 Å². The SMILES string of the molecule is COC(=O)c1ccc(CN2C(=O)SC(=Cc3ccc(N4CCCC4)c(F)c3)C2=O)o1. The monoisotopic (exact) mass is 430 g/mol. The summed E-state index contributed by atoms with van der Waals surface area (Å²) in [6.45, 7) is 1.56. The van der Waals surface area contributed by atoms with Gasteiger partial charge in [-0.25, -0.2) is 9.18 Å². The van der Waals surface area contributed by atoms with E-state index in [9.17, 15) is 18.8 Å². The Labute approximate surface area is 176 Å². The van der Waals surface area contributed by atoms with Gasteiger partial charge in [-0.15, -0.1) is 0 Å². The topological polar surface area (TPSA) is 80.1 Å². The normalized spacial score (nSPS) is 18.0. The highest BCUT2D eigenvalue weighted by Gasteiger charge is 2.35. The Morgan fingerprint density at radius 1 is 1.23 bits per heavy atom. The Morgan fingerprint density at radius 2 is 2.00 bits per heavy atom. The van der Waals surface area contributed by atoms with Crippen LogP contribution in [0.15, 0.2) is 39.7 Å². The first-order valence-electron chi connectivity index (χ1n) is 9.43. The van der Waals surface area contributed by atoms with Crippen molar-refractivity contribution >= 4 is 40.6 Å². The highest BCUT2D eigenvalue weighted by Crippen LogP contribution is 2.34. The van der Waals surface area contributed by atoms with Gasteiger partial charge in [0.05, 0.1) is 24.2 Å². The van der Waals surface area contributed by atoms with Gasteiger partial charge >= 0.3 is 5.97 Å². The summed E-state index contributed by atoms with van der Waals surface area (Å²) in [4.78, 5) is 39.7. The van der Waals surface area contributed by atoms with Crippen molar-refractivity contribution in [2.24, 2.45) is 0 Å². The van der Waals surface area contributed by atoms with E-state index in [4.69, 9.17) is 4.42 Å². The lowest BCUT2D eigenvalue weighted by Crippen LogP contribution is -2.27. The zero-order chi connectivity index (χ0) is 21.3. The number of rotatable bonds is 5. The van der Waals surface area contributed by atoms with E-state index in [-0.39, 0.29) is 28.8 Å². The number of hydrogen-bond donors (Lipinski definition) is 0. The van der Waals surface area contributed by atoms with Crippen LogP contribution in [0.4, 0.5) is 14.9 Å². The van der Waals surface area contributed by atoms with Crippen molar-refractivity contribution in [1.82, 2.24) is 4.90 Å². The van der Waals surface area contributed by atoms with Gasteiger partial charge in [0.2, 0.25) is 5.76 Å². The lowest BCUT2D eigenvalue weighted by Gasteiger charge is -2.18. The number of benzene rings is 1. The molecule has 0 N–H and O–H groups in total. The lowest BCUT2D eigenvalue weighted by molar-refractivity contribution is -0.123. The maximum atomic E-state index is 14.5. The summed E-state index contributed by atoms with van der Waals surface area (Å²) >= 11 is 0.781. The molecular formula is C21H19FN2O5S. The number of methoxy groups -OCH3 is 1. The summed E-state index contributed by atoms with van der Waals surface area (Å²) in [6.07, 6.45) is 3.60. The van der Waals surface area contributed by atoms with Crippen molar-refractivity contribution in [2.75, 3.05) is 25.1 Å². The van der Waals surface area contributed by atoms with Crippen molar-refractivity contribution < 1.29 is 27.9 Å². The molecule has 0 radical (unpaired) electrons. The van der Waals surface area contributed by atoms with Crippen molar-refractivity contribution in [3.05, 3.63) is 58.1 Å². The van der Waals surface area contributed by atoms with Crippen molar-refractivity contribution in [1.29, 1.82) is 0 Å². The molecule has 30 heavy (non-hydrogen) atoms. The van der Waals surface area contributed by atoms with Crippen molar-refractivity contribution in [3.8, 4) is 0 Å². The number of carbonyl (C=O) groups is 3. The summed E-state index contributed by atoms with van der Waals surface area (Å²) in [6, 6.07) is 7.73. The van der Waals surface area contributed by atoms with Crippen LogP contribution in [0.5, 0.6) is 0 Å². The van der Waals surface area contributed by atoms with E-state index in [1.54, 1.807) is 12.1 Å². The molecule has 0 bridgehead atoms. The Hall–Kier alpha value is -3.07. The minimum atomic E-state index is -0.644. The van der Waals surface area contributed by atoms with E-state index >= 15 is 0 Å². The van der Waals surface area contributed by atoms with Gasteiger partial charge in [0, 0.05) is 13.1 Å². The molecular weight excluding hydrogens is 411 g/mol. The van der Waals surface area contributed by atoms with E-state index in [1.165, 1.54) is 31.4 Å². The zero-order valence-electron chi connectivity index (χ0n) is 16.2. The van der Waals surface area contributed by atoms with Crippen LogP contribution in [0, 0.1) is 5.82 Å². The third-order valence-electron chi connectivity index (χ3n) is 4.95. The van der Waals surface area contributed by atoms with Crippen LogP contribution in [0.25, 0.3) is 6.08 Å². The van der Waals surface area contributed by atoms with Gasteiger partial charge in [-0.3, -0.25) is 14.5 Å². The number of anilines is 1. The van der Waals surface area contributed by atoms with E-state index in [2.05, 4.69) is 4.74 Å². The second-order valence-electron chi connectivity index (χ2n) is 6.93. The molecule has 1 aromatic carbocycles. The fourth-order valence-corrected chi connectivity index (χ4v) is 4.28. The molecule has 0 atom stereocenters. The van der Waals surface area contributed by atoms with Crippen LogP contribution in [0.3, 0.4) is 0 Å². The second-order valence-corrected chi connectivity index (χ2v) is 7.92. The van der Waals surface area contributed by atoms with Crippen LogP contribution >= 0.6 is 11.8 Å². The molecule has 0 spiro atoms. The number of amides is 2. The molecule has 0 aliphatic carbocycles. The Balaban J connectivity index is 1.49. The first kappa shape index (κ1) is 20.2. The lowest BCUT2D eigenvalue weighted by atomic mass is 10.1. The van der Waals surface area contributed by atoms with Crippen LogP contribution in [-0.2, 0) is 16.1 Å². The average molecular weight is 430 g/mol. The quantitative estimate of drug-likeness (QED) is 0.523. The third kappa shape index (κ3) is 3.97. The Morgan fingerprint density at radius 3 is 2.70 bits per heavy atom. The molecule has 0 unspecified atom stereocenters. The molecule has 4 rings (SSSR count). The standard InChI is InChI=1S/C21H19FN2O5S/c1-28-20(26)17-7-5-14(29-17)12-24-19(25)18(30-21(24)27)11-13-4-6-16(15(22)10-13)23-8-2-3-9-23/h4-7,10-11H,2-3,8-9,12H2,1H3. The summed E-state index contributed by atoms with van der Waals surface area (Å²) in [5, 5.41) is -0.462. The van der Waals surface area contributed by atoms with Crippen LogP contribution in [-0.4, -0.2) is 42.2 Å². The van der Waals surface area contributed by atoms with Gasteiger partial charge in [0.15, 0.2) is 0 Å². The number of hydrogen-bond acceptors (Lipinski definition) is 7. The summed E-state index contributed by atoms with van der Waals surface area (Å²) in [5.41, 5.74) is 1.06. The summed E-state index contributed by atoms with van der Waals surface area (Å²) in [7, 11) is 1.23. The van der Waals surface area contributed by atoms with Gasteiger partial charge < -0.3 is 14.1 Å². The van der Waals surface area contributed by atoms with Crippen molar-refractivity contribution in [3.63, 3.8) is 0 Å². The van der Waals surface area contributed by atoms with E-state index < -0.39 is 17.1 Å². The second kappa shape index (κ2) is 8.35. The van der Waals surface area contributed by atoms with E-state index in [1.807, 2.05) is 4.90 Å². The molecule has 1 aromatic heterocycles. The van der Waals surface area contributed by atoms with Crippen LogP contribution in [0.1, 0.15) is 34.7 Å². The third-order valence-corrected chi connectivity index (χ3v) is 5.86. The minimum absolute atomic E-state index is 0.0106. The Kier molecular flexibility index (Phi) is 5.63. The minimum Gasteiger partial charge on any atom is -0.463 e. The predicted molar refractivity (Wildman–Crippen MR) is 109 cm³/mol. The number of esters is 1. The first-order chi connectivity index (χ1) is 14.5. The van der Waals surface area contributed by atoms with Crippen LogP contribution in [0.2, 0.25) is 0 Å². The highest BCUT2D eigenvalue weighted by molar-refractivity contribution is 8.18. The molecule has 0 saturated carbocycles. The number of furan rings is 1. The van der Waals surface area contributed by atoms with E-state index in [0.29, 0.717) is 11.3 Å². The number of imide groups is 1. The molecule has 2 aliphatic rings. The van der Waals surface area contributed by atoms with Crippen LogP contribution < -0.4 is 4.90 Å². The van der Waals surface area contributed by atoms with Gasteiger partial charge in [-0.2, -0.15) is 0 Å². The first-order valence-corrected chi connectivity index (χ1v) is 10.2. The smallest absolute Gasteiger partial charge is 0.373 e. The zero-order valence-corrected chi connectivity index (χ0v) is 17.0. The van der Waals surface area contributed by atoms with Gasteiger partial charge in [-0.05, 0) is 60.5 Å². The van der Waals surface area contributed by atoms with E-state index in [0.717, 1.165) is 42.6 Å². The summed E-state index contributed by atoms with van der Waals surface area (Å²) in [5.74, 6) is -1.22. The average Bonchev–Trinajstić information content (AvgIpc) is 3.47. The van der Waals surface area contributed by atoms with Gasteiger partial charge in [0.1, 0.15) is 11.6 Å². The fraction of sp³-hybridized carbons (Fsp3) is 0.286. The maximum Gasteiger partial charge on any atom is 0.373 e. The number of thioether (sulfide) groups is 1. The molecule has 7 nitrogen and oxygen atoms in total. The molecule has 156 valence electrons. The predicted octanol–water partition coefficient (Wildman–Crippen LogP) is 4.04. The molecule has 3 heterocycles. The van der Waals surface area contributed by atoms with Gasteiger partial charge in [-0.1, -0.05) is 6.07 Å². The number of nitrogens with zero attached hydrogens (tertiary/aromatic N) is 2. The number of halogens is 1. The molecule has 2 amide bonds. The number of ether oxygens (including phenoxy) is 1. The molecule has 9 heteroatoms.